The first-order valence-corrected chi connectivity index (χ1v) is 6.31. The first-order chi connectivity index (χ1) is 8.66. The number of imidazole rings is 1. The van der Waals surface area contributed by atoms with E-state index in [9.17, 15) is 4.79 Å². The highest BCUT2D eigenvalue weighted by Crippen LogP contribution is 2.11. The van der Waals surface area contributed by atoms with Crippen molar-refractivity contribution in [1.82, 2.24) is 9.55 Å². The molecule has 18 heavy (non-hydrogen) atoms. The van der Waals surface area contributed by atoms with Crippen molar-refractivity contribution in [3.05, 3.63) is 53.1 Å². The zero-order chi connectivity index (χ0) is 13.0. The summed E-state index contributed by atoms with van der Waals surface area (Å²) in [6, 6.07) is 7.86. The van der Waals surface area contributed by atoms with Crippen molar-refractivity contribution in [3.8, 4) is 0 Å². The molecule has 2 aromatic rings. The Hall–Kier alpha value is -1.61. The molecule has 0 aliphatic carbocycles. The summed E-state index contributed by atoms with van der Waals surface area (Å²) in [5, 5.41) is 0.757. The lowest BCUT2D eigenvalue weighted by molar-refractivity contribution is 0.0999. The fourth-order valence-corrected chi connectivity index (χ4v) is 2.03. The van der Waals surface area contributed by atoms with Gasteiger partial charge in [-0.05, 0) is 30.5 Å². The summed E-state index contributed by atoms with van der Waals surface area (Å²) in [4.78, 5) is 15.3. The SMILES string of the molecule is CC(=O)c1nccn1CCCc1ccc(Cl)cc1. The van der Waals surface area contributed by atoms with Gasteiger partial charge in [0.05, 0.1) is 0 Å². The molecule has 0 aliphatic rings. The highest BCUT2D eigenvalue weighted by Gasteiger charge is 2.06. The van der Waals surface area contributed by atoms with E-state index in [1.54, 1.807) is 6.20 Å². The summed E-state index contributed by atoms with van der Waals surface area (Å²) in [7, 11) is 0. The monoisotopic (exact) mass is 262 g/mol. The molecule has 4 heteroatoms. The molecule has 0 radical (unpaired) electrons. The van der Waals surface area contributed by atoms with Crippen molar-refractivity contribution >= 4 is 17.4 Å². The van der Waals surface area contributed by atoms with Crippen LogP contribution in [0.3, 0.4) is 0 Å². The highest BCUT2D eigenvalue weighted by molar-refractivity contribution is 6.30. The molecular weight excluding hydrogens is 248 g/mol. The Balaban J connectivity index is 1.90. The molecule has 1 aromatic heterocycles. The van der Waals surface area contributed by atoms with Crippen LogP contribution in [0, 0.1) is 0 Å². The van der Waals surface area contributed by atoms with Gasteiger partial charge in [-0.2, -0.15) is 0 Å². The molecule has 2 rings (SSSR count). The molecule has 0 spiro atoms. The van der Waals surface area contributed by atoms with E-state index in [1.807, 2.05) is 35.0 Å². The number of aromatic nitrogens is 2. The molecule has 0 unspecified atom stereocenters. The first kappa shape index (κ1) is 12.8. The third-order valence-electron chi connectivity index (χ3n) is 2.81. The van der Waals surface area contributed by atoms with Crippen LogP contribution in [0.15, 0.2) is 36.7 Å². The van der Waals surface area contributed by atoms with Gasteiger partial charge >= 0.3 is 0 Å². The number of Topliss-reactive ketones (excluding diaryl/α,β-unsaturated/α-hetero) is 1. The van der Waals surface area contributed by atoms with Crippen LogP contribution in [0.1, 0.15) is 29.5 Å². The van der Waals surface area contributed by atoms with Crippen LogP contribution < -0.4 is 0 Å². The average molecular weight is 263 g/mol. The van der Waals surface area contributed by atoms with Crippen LogP contribution in [0.2, 0.25) is 5.02 Å². The van der Waals surface area contributed by atoms with Crippen LogP contribution in [0.25, 0.3) is 0 Å². The van der Waals surface area contributed by atoms with Crippen molar-refractivity contribution < 1.29 is 4.79 Å². The van der Waals surface area contributed by atoms with Crippen LogP contribution >= 0.6 is 11.6 Å². The standard InChI is InChI=1S/C14H15ClN2O/c1-11(18)14-16-8-10-17(14)9-2-3-12-4-6-13(15)7-5-12/h4-8,10H,2-3,9H2,1H3. The Labute approximate surface area is 111 Å². The Morgan fingerprint density at radius 3 is 2.72 bits per heavy atom. The third-order valence-corrected chi connectivity index (χ3v) is 3.06. The number of aryl methyl sites for hydroxylation is 2. The van der Waals surface area contributed by atoms with Gasteiger partial charge in [0.2, 0.25) is 0 Å². The first-order valence-electron chi connectivity index (χ1n) is 5.93. The van der Waals surface area contributed by atoms with Gasteiger partial charge in [0.25, 0.3) is 0 Å². The minimum atomic E-state index is 0.00601. The fraction of sp³-hybridized carbons (Fsp3) is 0.286. The van der Waals surface area contributed by atoms with Gasteiger partial charge in [-0.15, -0.1) is 0 Å². The molecule has 0 saturated heterocycles. The normalized spacial score (nSPS) is 10.6. The topological polar surface area (TPSA) is 34.9 Å². The average Bonchev–Trinajstić information content (AvgIpc) is 2.80. The van der Waals surface area contributed by atoms with Gasteiger partial charge in [0, 0.05) is 30.9 Å². The maximum absolute atomic E-state index is 11.3. The molecular formula is C14H15ClN2O. The molecule has 0 fully saturated rings. The maximum atomic E-state index is 11.3. The zero-order valence-electron chi connectivity index (χ0n) is 10.3. The van der Waals surface area contributed by atoms with E-state index in [1.165, 1.54) is 12.5 Å². The Bertz CT molecular complexity index is 531. The number of carbonyl (C=O) groups excluding carboxylic acids is 1. The summed E-state index contributed by atoms with van der Waals surface area (Å²) in [5.41, 5.74) is 1.25. The van der Waals surface area contributed by atoms with E-state index in [2.05, 4.69) is 4.98 Å². The molecule has 0 bridgehead atoms. The maximum Gasteiger partial charge on any atom is 0.195 e. The number of benzene rings is 1. The van der Waals surface area contributed by atoms with Gasteiger partial charge in [0.1, 0.15) is 0 Å². The quantitative estimate of drug-likeness (QED) is 0.775. The van der Waals surface area contributed by atoms with E-state index < -0.39 is 0 Å². The zero-order valence-corrected chi connectivity index (χ0v) is 11.0. The van der Waals surface area contributed by atoms with Crippen LogP contribution in [0.4, 0.5) is 0 Å². The van der Waals surface area contributed by atoms with E-state index in [0.717, 1.165) is 24.4 Å². The summed E-state index contributed by atoms with van der Waals surface area (Å²) in [6.07, 6.45) is 5.45. The van der Waals surface area contributed by atoms with Crippen molar-refractivity contribution in [1.29, 1.82) is 0 Å². The fourth-order valence-electron chi connectivity index (χ4n) is 1.91. The van der Waals surface area contributed by atoms with Gasteiger partial charge < -0.3 is 4.57 Å². The van der Waals surface area contributed by atoms with Gasteiger partial charge in [-0.3, -0.25) is 4.79 Å². The minimum absolute atomic E-state index is 0.00601. The predicted octanol–water partition coefficient (Wildman–Crippen LogP) is 3.37. The van der Waals surface area contributed by atoms with Crippen molar-refractivity contribution in [2.24, 2.45) is 0 Å². The third kappa shape index (κ3) is 3.20. The summed E-state index contributed by atoms with van der Waals surface area (Å²) < 4.78 is 1.90. The molecule has 1 heterocycles. The van der Waals surface area contributed by atoms with Gasteiger partial charge in [0.15, 0.2) is 11.6 Å². The van der Waals surface area contributed by atoms with E-state index in [0.29, 0.717) is 5.82 Å². The summed E-state index contributed by atoms with van der Waals surface area (Å²) in [5.74, 6) is 0.539. The molecule has 0 saturated carbocycles. The molecule has 0 atom stereocenters. The largest absolute Gasteiger partial charge is 0.329 e. The van der Waals surface area contributed by atoms with Crippen molar-refractivity contribution in [2.75, 3.05) is 0 Å². The van der Waals surface area contributed by atoms with E-state index in [4.69, 9.17) is 11.6 Å². The summed E-state index contributed by atoms with van der Waals surface area (Å²) >= 11 is 5.83. The molecule has 94 valence electrons. The predicted molar refractivity (Wildman–Crippen MR) is 72.0 cm³/mol. The smallest absolute Gasteiger partial charge is 0.195 e. The number of nitrogens with zero attached hydrogens (tertiary/aromatic N) is 2. The second kappa shape index (κ2) is 5.83. The highest BCUT2D eigenvalue weighted by atomic mass is 35.5. The second-order valence-corrected chi connectivity index (χ2v) is 4.67. The lowest BCUT2D eigenvalue weighted by atomic mass is 10.1. The van der Waals surface area contributed by atoms with Crippen LogP contribution in [0.5, 0.6) is 0 Å². The van der Waals surface area contributed by atoms with E-state index in [-0.39, 0.29) is 5.78 Å². The lowest BCUT2D eigenvalue weighted by Crippen LogP contribution is -2.07. The number of rotatable bonds is 5. The summed E-state index contributed by atoms with van der Waals surface area (Å²) in [6.45, 7) is 2.34. The number of hydrogen-bond donors (Lipinski definition) is 0. The molecule has 0 N–H and O–H groups in total. The number of carbonyl (C=O) groups is 1. The van der Waals surface area contributed by atoms with Crippen molar-refractivity contribution in [2.45, 2.75) is 26.3 Å². The van der Waals surface area contributed by atoms with Crippen LogP contribution in [-0.4, -0.2) is 15.3 Å². The Morgan fingerprint density at radius 1 is 1.33 bits per heavy atom. The molecule has 0 amide bonds. The number of halogens is 1. The number of hydrogen-bond acceptors (Lipinski definition) is 2. The second-order valence-electron chi connectivity index (χ2n) is 4.23. The van der Waals surface area contributed by atoms with Crippen molar-refractivity contribution in [3.63, 3.8) is 0 Å². The van der Waals surface area contributed by atoms with E-state index >= 15 is 0 Å². The molecule has 0 aliphatic heterocycles. The lowest BCUT2D eigenvalue weighted by Gasteiger charge is -2.05. The Kier molecular flexibility index (Phi) is 4.15. The number of ketones is 1. The Morgan fingerprint density at radius 2 is 2.06 bits per heavy atom. The van der Waals surface area contributed by atoms with Gasteiger partial charge in [-0.25, -0.2) is 4.98 Å². The minimum Gasteiger partial charge on any atom is -0.329 e. The van der Waals surface area contributed by atoms with Crippen LogP contribution in [-0.2, 0) is 13.0 Å². The molecule has 3 nitrogen and oxygen atoms in total. The molecule has 1 aromatic carbocycles. The van der Waals surface area contributed by atoms with Gasteiger partial charge in [-0.1, -0.05) is 23.7 Å².